The second kappa shape index (κ2) is 9.30. The number of aromatic nitrogens is 3. The van der Waals surface area contributed by atoms with Crippen molar-refractivity contribution in [2.45, 2.75) is 44.6 Å². The molecule has 7 rings (SSSR count). The first-order valence-electron chi connectivity index (χ1n) is 12.4. The first-order valence-corrected chi connectivity index (χ1v) is 13.2. The number of piperidine rings is 2. The zero-order chi connectivity index (χ0) is 23.1. The van der Waals surface area contributed by atoms with Gasteiger partial charge in [-0.2, -0.15) is 0 Å². The Balaban J connectivity index is 1.41. The van der Waals surface area contributed by atoms with Crippen LogP contribution in [0.3, 0.4) is 0 Å². The van der Waals surface area contributed by atoms with Crippen molar-refractivity contribution in [1.82, 2.24) is 15.2 Å². The van der Waals surface area contributed by atoms with E-state index in [2.05, 4.69) is 53.0 Å². The quantitative estimate of drug-likeness (QED) is 0.436. The Morgan fingerprint density at radius 1 is 0.912 bits per heavy atom. The van der Waals surface area contributed by atoms with Gasteiger partial charge in [-0.15, -0.1) is 10.2 Å². The number of anilines is 2. The summed E-state index contributed by atoms with van der Waals surface area (Å²) in [5.74, 6) is 2.90. The topological polar surface area (TPSA) is 78.5 Å². The lowest BCUT2D eigenvalue weighted by Crippen LogP contribution is -2.41. The number of benzene rings is 1. The minimum atomic E-state index is -0.252. The molecule has 0 spiro atoms. The Morgan fingerprint density at radius 3 is 2.65 bits per heavy atom. The molecule has 1 N–H and O–H groups in total. The van der Waals surface area contributed by atoms with Gasteiger partial charge in [0.25, 0.3) is 0 Å². The van der Waals surface area contributed by atoms with Crippen molar-refractivity contribution in [3.63, 3.8) is 0 Å². The van der Waals surface area contributed by atoms with E-state index in [0.717, 1.165) is 91.8 Å². The van der Waals surface area contributed by atoms with E-state index in [1.165, 1.54) is 0 Å². The summed E-state index contributed by atoms with van der Waals surface area (Å²) in [5, 5.41) is 19.9. The molecular weight excluding hydrogens is 494 g/mol. The van der Waals surface area contributed by atoms with E-state index < -0.39 is 0 Å². The molecule has 4 aliphatic rings. The van der Waals surface area contributed by atoms with Crippen LogP contribution in [0.15, 0.2) is 45.4 Å². The fourth-order valence-corrected chi connectivity index (χ4v) is 6.11. The van der Waals surface area contributed by atoms with Gasteiger partial charge in [0.1, 0.15) is 5.82 Å². The lowest BCUT2D eigenvalue weighted by atomic mass is 9.85. The third kappa shape index (κ3) is 4.33. The molecule has 2 fully saturated rings. The second-order valence-electron chi connectivity index (χ2n) is 9.90. The van der Waals surface area contributed by atoms with Crippen LogP contribution in [0.25, 0.3) is 22.9 Å². The highest BCUT2D eigenvalue weighted by atomic mass is 79.9. The minimum absolute atomic E-state index is 0.252. The molecule has 178 valence electrons. The molecule has 4 aliphatic heterocycles. The standard InChI is InChI=1S/C26H30BrN5O2/c27-20-4-5-21-22(15-20)31-12-8-17(9-13-31)3-6-23(33)19-2-1-11-32(16-19)24-14-18(7-10-28-24)25-29-30-26(21)34-25/h4-5,7,10,14-15,17,19,23,33H,1-3,6,8-9,11-13,16H2. The first kappa shape index (κ1) is 22.0. The van der Waals surface area contributed by atoms with E-state index >= 15 is 0 Å². The van der Waals surface area contributed by atoms with Gasteiger partial charge in [-0.25, -0.2) is 4.98 Å². The Labute approximate surface area is 208 Å². The predicted molar refractivity (Wildman–Crippen MR) is 136 cm³/mol. The molecular formula is C26H30BrN5O2. The second-order valence-corrected chi connectivity index (χ2v) is 10.8. The summed E-state index contributed by atoms with van der Waals surface area (Å²) in [7, 11) is 0. The Bertz CT molecular complexity index is 1160. The maximum atomic E-state index is 11.0. The van der Waals surface area contributed by atoms with Crippen LogP contribution >= 0.6 is 15.9 Å². The van der Waals surface area contributed by atoms with Crippen LogP contribution < -0.4 is 9.80 Å². The van der Waals surface area contributed by atoms with Gasteiger partial charge in [-0.05, 0) is 74.8 Å². The lowest BCUT2D eigenvalue weighted by Gasteiger charge is -2.37. The van der Waals surface area contributed by atoms with Gasteiger partial charge in [-0.1, -0.05) is 15.9 Å². The van der Waals surface area contributed by atoms with Crippen LogP contribution in [-0.2, 0) is 0 Å². The Hall–Kier alpha value is -2.45. The number of aliphatic hydroxyl groups is 1. The highest BCUT2D eigenvalue weighted by Crippen LogP contribution is 2.37. The number of aliphatic hydroxyl groups excluding tert-OH is 1. The Morgan fingerprint density at radius 2 is 1.76 bits per heavy atom. The average molecular weight is 524 g/mol. The monoisotopic (exact) mass is 523 g/mol. The third-order valence-electron chi connectivity index (χ3n) is 7.76. The van der Waals surface area contributed by atoms with Gasteiger partial charge in [0.2, 0.25) is 11.8 Å². The van der Waals surface area contributed by atoms with Crippen LogP contribution in [0.5, 0.6) is 0 Å². The summed E-state index contributed by atoms with van der Waals surface area (Å²) in [5.41, 5.74) is 2.96. The summed E-state index contributed by atoms with van der Waals surface area (Å²) in [4.78, 5) is 9.36. The van der Waals surface area contributed by atoms with E-state index in [9.17, 15) is 5.11 Å². The normalized spacial score (nSPS) is 24.9. The van der Waals surface area contributed by atoms with Gasteiger partial charge in [0, 0.05) is 48.3 Å². The summed E-state index contributed by atoms with van der Waals surface area (Å²) in [6, 6.07) is 10.2. The molecule has 3 aromatic rings. The molecule has 8 heteroatoms. The van der Waals surface area contributed by atoms with Crippen molar-refractivity contribution >= 4 is 27.4 Å². The molecule has 7 nitrogen and oxygen atoms in total. The molecule has 2 saturated heterocycles. The molecule has 8 bridgehead atoms. The van der Waals surface area contributed by atoms with Crippen LogP contribution in [0.1, 0.15) is 38.5 Å². The molecule has 6 heterocycles. The largest absolute Gasteiger partial charge is 0.416 e. The van der Waals surface area contributed by atoms with Crippen molar-refractivity contribution < 1.29 is 9.52 Å². The summed E-state index contributed by atoms with van der Waals surface area (Å²) < 4.78 is 7.25. The van der Waals surface area contributed by atoms with E-state index in [4.69, 9.17) is 4.42 Å². The SMILES string of the molecule is OC1CCC2CCN(CC2)c2cc(Br)ccc2-c2nnc(o2)-c2ccnc(c2)N2CCCC1C2. The van der Waals surface area contributed by atoms with Crippen molar-refractivity contribution in [2.24, 2.45) is 11.8 Å². The van der Waals surface area contributed by atoms with Crippen LogP contribution in [0.2, 0.25) is 0 Å². The number of rotatable bonds is 0. The molecule has 34 heavy (non-hydrogen) atoms. The van der Waals surface area contributed by atoms with Gasteiger partial charge in [0.05, 0.1) is 17.4 Å². The highest BCUT2D eigenvalue weighted by molar-refractivity contribution is 9.10. The van der Waals surface area contributed by atoms with Crippen LogP contribution in [-0.4, -0.2) is 52.6 Å². The number of halogens is 1. The van der Waals surface area contributed by atoms with Gasteiger partial charge >= 0.3 is 0 Å². The number of hydrogen-bond acceptors (Lipinski definition) is 7. The zero-order valence-electron chi connectivity index (χ0n) is 19.2. The van der Waals surface area contributed by atoms with Crippen LogP contribution in [0.4, 0.5) is 11.5 Å². The smallest absolute Gasteiger partial charge is 0.250 e. The molecule has 0 amide bonds. The number of fused-ring (bicyclic) bond motifs is 4. The van der Waals surface area contributed by atoms with Crippen molar-refractivity contribution in [2.75, 3.05) is 36.0 Å². The van der Waals surface area contributed by atoms with Crippen LogP contribution in [0, 0.1) is 11.8 Å². The average Bonchev–Trinajstić information content (AvgIpc) is 3.37. The highest BCUT2D eigenvalue weighted by Gasteiger charge is 2.29. The minimum Gasteiger partial charge on any atom is -0.416 e. The van der Waals surface area contributed by atoms with Crippen molar-refractivity contribution in [3.05, 3.63) is 41.0 Å². The molecule has 0 saturated carbocycles. The van der Waals surface area contributed by atoms with Gasteiger partial charge < -0.3 is 19.3 Å². The van der Waals surface area contributed by atoms with Gasteiger partial charge in [0.15, 0.2) is 0 Å². The number of pyridine rings is 1. The van der Waals surface area contributed by atoms with Crippen molar-refractivity contribution in [1.29, 1.82) is 0 Å². The molecule has 2 aromatic heterocycles. The third-order valence-corrected chi connectivity index (χ3v) is 8.25. The van der Waals surface area contributed by atoms with E-state index in [1.54, 1.807) is 0 Å². The molecule has 2 unspecified atom stereocenters. The van der Waals surface area contributed by atoms with Crippen molar-refractivity contribution in [3.8, 4) is 22.9 Å². The fraction of sp³-hybridized carbons (Fsp3) is 0.500. The summed E-state index contributed by atoms with van der Waals surface area (Å²) >= 11 is 3.64. The zero-order valence-corrected chi connectivity index (χ0v) is 20.8. The first-order chi connectivity index (χ1) is 16.6. The molecule has 0 aliphatic carbocycles. The molecule has 0 radical (unpaired) electrons. The van der Waals surface area contributed by atoms with E-state index in [-0.39, 0.29) is 12.0 Å². The molecule has 2 atom stereocenters. The number of hydrogen-bond donors (Lipinski definition) is 1. The van der Waals surface area contributed by atoms with E-state index in [0.29, 0.717) is 17.7 Å². The molecule has 1 aromatic carbocycles. The maximum absolute atomic E-state index is 11.0. The lowest BCUT2D eigenvalue weighted by molar-refractivity contribution is 0.0814. The number of nitrogens with zero attached hydrogens (tertiary/aromatic N) is 5. The van der Waals surface area contributed by atoms with E-state index in [1.807, 2.05) is 24.4 Å². The summed E-state index contributed by atoms with van der Waals surface area (Å²) in [6.07, 6.45) is 7.97. The van der Waals surface area contributed by atoms with Gasteiger partial charge in [-0.3, -0.25) is 0 Å². The predicted octanol–water partition coefficient (Wildman–Crippen LogP) is 5.15. The Kier molecular flexibility index (Phi) is 6.03. The fourth-order valence-electron chi connectivity index (χ4n) is 5.76. The maximum Gasteiger partial charge on any atom is 0.250 e. The summed E-state index contributed by atoms with van der Waals surface area (Å²) in [6.45, 7) is 3.79.